The summed E-state index contributed by atoms with van der Waals surface area (Å²) in [5.74, 6) is 0. The molecule has 0 aliphatic heterocycles. The van der Waals surface area contributed by atoms with Crippen molar-refractivity contribution in [1.29, 1.82) is 0 Å². The molecule has 166 valence electrons. The van der Waals surface area contributed by atoms with Gasteiger partial charge in [0.15, 0.2) is 0 Å². The second-order valence-electron chi connectivity index (χ2n) is 7.78. The van der Waals surface area contributed by atoms with E-state index in [0.717, 1.165) is 22.8 Å². The monoisotopic (exact) mass is 432 g/mol. The van der Waals surface area contributed by atoms with Crippen LogP contribution in [0.1, 0.15) is 12.5 Å². The standard InChI is InChI=1S/C31H32N2/c1-6-9-13-26-14-10-11-15-27(26)24-32(5)29-20-22-31(23-21-29)33(28(8-3)12-7-2)30-18-16-25(4)17-19-30/h6-24H,2-3H2,1,4-5H3/b9-6-,26-13-,27-24+,28-12+. The first kappa shape index (κ1) is 23.6. The van der Waals surface area contributed by atoms with Crippen LogP contribution >= 0.6 is 0 Å². The van der Waals surface area contributed by atoms with Gasteiger partial charge in [-0.15, -0.1) is 0 Å². The number of benzene rings is 3. The Morgan fingerprint density at radius 2 is 1.36 bits per heavy atom. The Hall–Kier alpha value is -4.04. The van der Waals surface area contributed by atoms with Gasteiger partial charge in [0.2, 0.25) is 0 Å². The van der Waals surface area contributed by atoms with Crippen LogP contribution in [0.5, 0.6) is 0 Å². The van der Waals surface area contributed by atoms with E-state index < -0.39 is 0 Å². The Morgan fingerprint density at radius 3 is 1.94 bits per heavy atom. The Labute approximate surface area is 198 Å². The van der Waals surface area contributed by atoms with Crippen molar-refractivity contribution in [2.45, 2.75) is 13.8 Å². The van der Waals surface area contributed by atoms with E-state index in [-0.39, 0.29) is 0 Å². The van der Waals surface area contributed by atoms with Crippen molar-refractivity contribution in [2.75, 3.05) is 16.8 Å². The van der Waals surface area contributed by atoms with E-state index in [2.05, 4.69) is 128 Å². The molecule has 0 aliphatic carbocycles. The van der Waals surface area contributed by atoms with Crippen molar-refractivity contribution in [3.63, 3.8) is 0 Å². The molecule has 0 spiro atoms. The minimum Gasteiger partial charge on any atom is -0.350 e. The van der Waals surface area contributed by atoms with Crippen LogP contribution in [0.15, 0.2) is 122 Å². The zero-order valence-corrected chi connectivity index (χ0v) is 19.8. The molecule has 0 radical (unpaired) electrons. The van der Waals surface area contributed by atoms with Gasteiger partial charge in [0, 0.05) is 36.0 Å². The Bertz CT molecular complexity index is 1260. The molecule has 3 rings (SSSR count). The first-order valence-electron chi connectivity index (χ1n) is 11.1. The third-order valence-electron chi connectivity index (χ3n) is 5.36. The number of hydrogen-bond acceptors (Lipinski definition) is 2. The number of nitrogens with zero attached hydrogens (tertiary/aromatic N) is 2. The quantitative estimate of drug-likeness (QED) is 0.369. The molecule has 0 atom stereocenters. The summed E-state index contributed by atoms with van der Waals surface area (Å²) in [6, 6.07) is 25.4. The van der Waals surface area contributed by atoms with Gasteiger partial charge < -0.3 is 9.80 Å². The number of allylic oxidation sites excluding steroid dienone is 5. The van der Waals surface area contributed by atoms with Gasteiger partial charge >= 0.3 is 0 Å². The summed E-state index contributed by atoms with van der Waals surface area (Å²) in [5, 5.41) is 2.36. The molecule has 33 heavy (non-hydrogen) atoms. The highest BCUT2D eigenvalue weighted by molar-refractivity contribution is 5.72. The maximum absolute atomic E-state index is 4.01. The van der Waals surface area contributed by atoms with Crippen LogP contribution in [0.2, 0.25) is 0 Å². The summed E-state index contributed by atoms with van der Waals surface area (Å²) in [4.78, 5) is 4.33. The summed E-state index contributed by atoms with van der Waals surface area (Å²) in [7, 11) is 2.08. The van der Waals surface area contributed by atoms with Gasteiger partial charge in [-0.25, -0.2) is 0 Å². The number of hydrogen-bond donors (Lipinski definition) is 0. The van der Waals surface area contributed by atoms with Crippen LogP contribution in [0.4, 0.5) is 17.1 Å². The van der Waals surface area contributed by atoms with Crippen molar-refractivity contribution in [3.05, 3.63) is 138 Å². The molecular formula is C31H32N2. The zero-order valence-electron chi connectivity index (χ0n) is 19.8. The van der Waals surface area contributed by atoms with Gasteiger partial charge in [0.25, 0.3) is 0 Å². The van der Waals surface area contributed by atoms with Crippen LogP contribution in [-0.4, -0.2) is 7.05 Å². The maximum atomic E-state index is 4.01. The Balaban J connectivity index is 1.99. The highest BCUT2D eigenvalue weighted by Gasteiger charge is 2.12. The predicted molar refractivity (Wildman–Crippen MR) is 146 cm³/mol. The summed E-state index contributed by atoms with van der Waals surface area (Å²) >= 11 is 0. The number of rotatable bonds is 8. The largest absolute Gasteiger partial charge is 0.350 e. The van der Waals surface area contributed by atoms with Gasteiger partial charge in [-0.3, -0.25) is 0 Å². The Morgan fingerprint density at radius 1 is 0.788 bits per heavy atom. The third-order valence-corrected chi connectivity index (χ3v) is 5.36. The summed E-state index contributed by atoms with van der Waals surface area (Å²) in [6.07, 6.45) is 14.0. The molecule has 3 aromatic carbocycles. The second kappa shape index (κ2) is 11.5. The molecule has 0 saturated carbocycles. The molecule has 3 aromatic rings. The topological polar surface area (TPSA) is 6.48 Å². The van der Waals surface area contributed by atoms with E-state index in [4.69, 9.17) is 0 Å². The Kier molecular flexibility index (Phi) is 8.26. The first-order chi connectivity index (χ1) is 16.1. The molecule has 0 unspecified atom stereocenters. The minimum atomic E-state index is 0.968. The van der Waals surface area contributed by atoms with E-state index in [1.54, 1.807) is 6.08 Å². The SMILES string of the molecule is C=C/C=C(\C=C)N(c1ccc(C)cc1)c1ccc(N(C)\C=c2/cccc/c2=C/C=C\C)cc1. The second-order valence-corrected chi connectivity index (χ2v) is 7.78. The van der Waals surface area contributed by atoms with Gasteiger partial charge in [0.05, 0.1) is 0 Å². The van der Waals surface area contributed by atoms with E-state index in [1.807, 2.05) is 25.2 Å². The molecule has 0 aromatic heterocycles. The molecule has 0 heterocycles. The first-order valence-corrected chi connectivity index (χ1v) is 11.1. The molecule has 2 nitrogen and oxygen atoms in total. The van der Waals surface area contributed by atoms with Gasteiger partial charge in [-0.1, -0.05) is 79.4 Å². The lowest BCUT2D eigenvalue weighted by Gasteiger charge is -2.27. The average molecular weight is 433 g/mol. The van der Waals surface area contributed by atoms with Gasteiger partial charge in [0.1, 0.15) is 0 Å². The van der Waals surface area contributed by atoms with Gasteiger partial charge in [-0.05, 0) is 72.8 Å². The fourth-order valence-corrected chi connectivity index (χ4v) is 3.60. The van der Waals surface area contributed by atoms with E-state index in [9.17, 15) is 0 Å². The predicted octanol–water partition coefficient (Wildman–Crippen LogP) is 6.62. The molecule has 0 fully saturated rings. The van der Waals surface area contributed by atoms with Crippen molar-refractivity contribution < 1.29 is 0 Å². The smallest absolute Gasteiger partial charge is 0.0463 e. The zero-order chi connectivity index (χ0) is 23.6. The van der Waals surface area contributed by atoms with E-state index in [1.165, 1.54) is 16.0 Å². The van der Waals surface area contributed by atoms with Crippen LogP contribution in [0.25, 0.3) is 12.3 Å². The van der Waals surface area contributed by atoms with Gasteiger partial charge in [-0.2, -0.15) is 0 Å². The maximum Gasteiger partial charge on any atom is 0.0463 e. The van der Waals surface area contributed by atoms with Crippen LogP contribution in [0, 0.1) is 6.92 Å². The van der Waals surface area contributed by atoms with Crippen molar-refractivity contribution in [1.82, 2.24) is 0 Å². The molecule has 0 N–H and O–H groups in total. The van der Waals surface area contributed by atoms with Crippen LogP contribution in [-0.2, 0) is 0 Å². The lowest BCUT2D eigenvalue weighted by molar-refractivity contribution is 1.20. The number of aryl methyl sites for hydroxylation is 1. The fraction of sp³-hybridized carbons (Fsp3) is 0.0968. The lowest BCUT2D eigenvalue weighted by atomic mass is 10.1. The van der Waals surface area contributed by atoms with Crippen molar-refractivity contribution in [3.8, 4) is 0 Å². The molecule has 0 amide bonds. The highest BCUT2D eigenvalue weighted by atomic mass is 15.1. The number of anilines is 3. The van der Waals surface area contributed by atoms with E-state index in [0.29, 0.717) is 0 Å². The van der Waals surface area contributed by atoms with Crippen molar-refractivity contribution >= 4 is 29.3 Å². The van der Waals surface area contributed by atoms with E-state index >= 15 is 0 Å². The summed E-state index contributed by atoms with van der Waals surface area (Å²) in [5.41, 5.74) is 5.44. The van der Waals surface area contributed by atoms with Crippen LogP contribution < -0.4 is 20.2 Å². The third kappa shape index (κ3) is 6.02. The highest BCUT2D eigenvalue weighted by Crippen LogP contribution is 2.32. The molecule has 0 aliphatic rings. The summed E-state index contributed by atoms with van der Waals surface area (Å²) < 4.78 is 0. The molecule has 0 bridgehead atoms. The van der Waals surface area contributed by atoms with Crippen molar-refractivity contribution in [2.24, 2.45) is 0 Å². The molecule has 2 heteroatoms. The molecule has 0 saturated heterocycles. The average Bonchev–Trinajstić information content (AvgIpc) is 2.84. The molecular weight excluding hydrogens is 400 g/mol. The fourth-order valence-electron chi connectivity index (χ4n) is 3.60. The summed E-state index contributed by atoms with van der Waals surface area (Å²) in [6.45, 7) is 12.0. The minimum absolute atomic E-state index is 0.968. The van der Waals surface area contributed by atoms with Crippen LogP contribution in [0.3, 0.4) is 0 Å². The normalized spacial score (nSPS) is 12.8. The lowest BCUT2D eigenvalue weighted by Crippen LogP contribution is -2.27.